The van der Waals surface area contributed by atoms with Gasteiger partial charge in [-0.25, -0.2) is 0 Å². The maximum Gasteiger partial charge on any atom is 0.154 e. The normalized spacial score (nSPS) is 10.3. The van der Waals surface area contributed by atoms with E-state index < -0.39 is 0 Å². The molecule has 0 saturated heterocycles. The van der Waals surface area contributed by atoms with Crippen LogP contribution in [0.1, 0.15) is 15.9 Å². The van der Waals surface area contributed by atoms with Crippen molar-refractivity contribution in [2.45, 2.75) is 0 Å². The van der Waals surface area contributed by atoms with Gasteiger partial charge in [0, 0.05) is 10.9 Å². The van der Waals surface area contributed by atoms with Crippen molar-refractivity contribution in [3.05, 3.63) is 53.6 Å². The second kappa shape index (κ2) is 4.56. The van der Waals surface area contributed by atoms with Crippen LogP contribution in [0.5, 0.6) is 5.75 Å². The summed E-state index contributed by atoms with van der Waals surface area (Å²) in [5.41, 5.74) is 1.77. The van der Waals surface area contributed by atoms with Crippen LogP contribution in [0.25, 0.3) is 22.3 Å². The summed E-state index contributed by atoms with van der Waals surface area (Å²) in [6, 6.07) is 13.6. The summed E-state index contributed by atoms with van der Waals surface area (Å²) in [5.74, 6) is 0.303. The second-order valence-corrected chi connectivity index (χ2v) is 4.30. The average Bonchev–Trinajstić information content (AvgIpc) is 2.86. The highest BCUT2D eigenvalue weighted by Gasteiger charge is 2.16. The van der Waals surface area contributed by atoms with Gasteiger partial charge < -0.3 is 9.52 Å². The topological polar surface area (TPSA) is 74.2 Å². The molecule has 0 fully saturated rings. The lowest BCUT2D eigenvalue weighted by molar-refractivity contribution is 0.112. The van der Waals surface area contributed by atoms with Crippen LogP contribution >= 0.6 is 0 Å². The number of hydrogen-bond acceptors (Lipinski definition) is 4. The summed E-state index contributed by atoms with van der Waals surface area (Å²) in [6.45, 7) is 0. The molecule has 96 valence electrons. The number of carbonyl (C=O) groups is 1. The third-order valence-corrected chi connectivity index (χ3v) is 3.13. The summed E-state index contributed by atoms with van der Waals surface area (Å²) in [4.78, 5) is 11.3. The Morgan fingerprint density at radius 2 is 2.00 bits per heavy atom. The van der Waals surface area contributed by atoms with Crippen LogP contribution < -0.4 is 0 Å². The number of hydrogen-bond donors (Lipinski definition) is 1. The Hall–Kier alpha value is -3.06. The number of rotatable bonds is 2. The van der Waals surface area contributed by atoms with Crippen molar-refractivity contribution >= 4 is 17.3 Å². The van der Waals surface area contributed by atoms with Crippen molar-refractivity contribution in [1.82, 2.24) is 0 Å². The molecule has 1 N–H and O–H groups in total. The Morgan fingerprint density at radius 3 is 2.75 bits per heavy atom. The summed E-state index contributed by atoms with van der Waals surface area (Å²) in [6.07, 6.45) is 0.736. The van der Waals surface area contributed by atoms with Crippen LogP contribution in [-0.4, -0.2) is 11.4 Å². The molecule has 4 heteroatoms. The Morgan fingerprint density at radius 1 is 1.20 bits per heavy atom. The lowest BCUT2D eigenvalue weighted by atomic mass is 10.0. The largest absolute Gasteiger partial charge is 0.507 e. The van der Waals surface area contributed by atoms with Gasteiger partial charge in [-0.05, 0) is 24.3 Å². The predicted octanol–water partition coefficient (Wildman–Crippen LogP) is 3.49. The first kappa shape index (κ1) is 12.0. The number of nitrogens with zero attached hydrogens (tertiary/aromatic N) is 1. The van der Waals surface area contributed by atoms with E-state index in [1.165, 1.54) is 12.1 Å². The van der Waals surface area contributed by atoms with E-state index in [9.17, 15) is 9.90 Å². The second-order valence-electron chi connectivity index (χ2n) is 4.30. The molecule has 0 aliphatic carbocycles. The fourth-order valence-corrected chi connectivity index (χ4v) is 2.16. The number of furan rings is 1. The first-order valence-corrected chi connectivity index (χ1v) is 5.95. The number of nitriles is 1. The molecule has 4 nitrogen and oxygen atoms in total. The molecule has 1 heterocycles. The van der Waals surface area contributed by atoms with E-state index in [2.05, 4.69) is 0 Å². The van der Waals surface area contributed by atoms with E-state index in [1.54, 1.807) is 18.2 Å². The minimum absolute atomic E-state index is 0.0972. The van der Waals surface area contributed by atoms with Gasteiger partial charge in [0.05, 0.1) is 11.1 Å². The highest BCUT2D eigenvalue weighted by molar-refractivity contribution is 6.02. The van der Waals surface area contributed by atoms with E-state index in [-0.39, 0.29) is 11.3 Å². The van der Waals surface area contributed by atoms with Crippen molar-refractivity contribution in [3.63, 3.8) is 0 Å². The van der Waals surface area contributed by atoms with Gasteiger partial charge in [-0.1, -0.05) is 18.2 Å². The first-order chi connectivity index (χ1) is 9.74. The monoisotopic (exact) mass is 263 g/mol. The van der Waals surface area contributed by atoms with Gasteiger partial charge in [0.1, 0.15) is 23.2 Å². The third kappa shape index (κ3) is 1.73. The zero-order chi connectivity index (χ0) is 14.1. The van der Waals surface area contributed by atoms with Gasteiger partial charge in [-0.2, -0.15) is 5.26 Å². The maximum atomic E-state index is 11.3. The lowest BCUT2D eigenvalue weighted by Gasteiger charge is -2.01. The molecule has 0 saturated carbocycles. The Bertz CT molecular complexity index is 856. The zero-order valence-electron chi connectivity index (χ0n) is 10.3. The van der Waals surface area contributed by atoms with E-state index in [1.807, 2.05) is 18.2 Å². The third-order valence-electron chi connectivity index (χ3n) is 3.13. The van der Waals surface area contributed by atoms with E-state index in [4.69, 9.17) is 9.68 Å². The SMILES string of the molecule is N#Cc1cc(-c2oc3ccccc3c2C=O)ccc1O. The number of fused-ring (bicyclic) bond motifs is 1. The molecule has 0 radical (unpaired) electrons. The fourth-order valence-electron chi connectivity index (χ4n) is 2.16. The van der Waals surface area contributed by atoms with Gasteiger partial charge in [-0.3, -0.25) is 4.79 Å². The van der Waals surface area contributed by atoms with Crippen LogP contribution in [0.2, 0.25) is 0 Å². The molecule has 3 rings (SSSR count). The number of carbonyl (C=O) groups excluding carboxylic acids is 1. The predicted molar refractivity (Wildman–Crippen MR) is 73.4 cm³/mol. The first-order valence-electron chi connectivity index (χ1n) is 5.95. The standard InChI is InChI=1S/C16H9NO3/c17-8-11-7-10(5-6-14(11)19)16-13(9-18)12-3-1-2-4-15(12)20-16/h1-7,9,19H. The molecular formula is C16H9NO3. The lowest BCUT2D eigenvalue weighted by Crippen LogP contribution is -1.84. The van der Waals surface area contributed by atoms with E-state index in [0.717, 1.165) is 11.7 Å². The highest BCUT2D eigenvalue weighted by Crippen LogP contribution is 2.34. The number of para-hydroxylation sites is 1. The highest BCUT2D eigenvalue weighted by atomic mass is 16.3. The summed E-state index contributed by atoms with van der Waals surface area (Å²) in [5, 5.41) is 19.2. The van der Waals surface area contributed by atoms with Gasteiger partial charge in [0.25, 0.3) is 0 Å². The van der Waals surface area contributed by atoms with Crippen LogP contribution in [0.15, 0.2) is 46.9 Å². The van der Waals surface area contributed by atoms with Gasteiger partial charge in [0.2, 0.25) is 0 Å². The Kier molecular flexibility index (Phi) is 2.73. The molecule has 2 aromatic carbocycles. The van der Waals surface area contributed by atoms with Crippen molar-refractivity contribution in [2.24, 2.45) is 0 Å². The van der Waals surface area contributed by atoms with Crippen molar-refractivity contribution < 1.29 is 14.3 Å². The molecule has 0 unspecified atom stereocenters. The molecule has 0 spiro atoms. The summed E-state index contributed by atoms with van der Waals surface area (Å²) < 4.78 is 5.69. The Labute approximate surface area is 114 Å². The maximum absolute atomic E-state index is 11.3. The van der Waals surface area contributed by atoms with Crippen LogP contribution in [-0.2, 0) is 0 Å². The molecule has 0 amide bonds. The minimum Gasteiger partial charge on any atom is -0.507 e. The number of phenols is 1. The average molecular weight is 263 g/mol. The zero-order valence-corrected chi connectivity index (χ0v) is 10.3. The van der Waals surface area contributed by atoms with Crippen LogP contribution in [0.4, 0.5) is 0 Å². The fraction of sp³-hybridized carbons (Fsp3) is 0. The minimum atomic E-state index is -0.0972. The van der Waals surface area contributed by atoms with Crippen molar-refractivity contribution in [2.75, 3.05) is 0 Å². The van der Waals surface area contributed by atoms with Gasteiger partial charge >= 0.3 is 0 Å². The van der Waals surface area contributed by atoms with Crippen molar-refractivity contribution in [1.29, 1.82) is 5.26 Å². The Balaban J connectivity index is 2.29. The summed E-state index contributed by atoms with van der Waals surface area (Å²) >= 11 is 0. The number of phenolic OH excluding ortho intramolecular Hbond substituents is 1. The van der Waals surface area contributed by atoms with Crippen LogP contribution in [0.3, 0.4) is 0 Å². The molecule has 0 aliphatic rings. The number of benzene rings is 2. The van der Waals surface area contributed by atoms with E-state index in [0.29, 0.717) is 22.5 Å². The van der Waals surface area contributed by atoms with Crippen molar-refractivity contribution in [3.8, 4) is 23.1 Å². The molecule has 0 bridgehead atoms. The van der Waals surface area contributed by atoms with Gasteiger partial charge in [0.15, 0.2) is 6.29 Å². The summed E-state index contributed by atoms with van der Waals surface area (Å²) in [7, 11) is 0. The van der Waals surface area contributed by atoms with Crippen LogP contribution in [0, 0.1) is 11.3 Å². The molecular weight excluding hydrogens is 254 g/mol. The number of aldehydes is 1. The molecule has 3 aromatic rings. The molecule has 20 heavy (non-hydrogen) atoms. The van der Waals surface area contributed by atoms with E-state index >= 15 is 0 Å². The smallest absolute Gasteiger partial charge is 0.154 e. The molecule has 0 atom stereocenters. The number of aromatic hydroxyl groups is 1. The molecule has 0 aliphatic heterocycles. The van der Waals surface area contributed by atoms with Gasteiger partial charge in [-0.15, -0.1) is 0 Å². The quantitative estimate of drug-likeness (QED) is 0.718. The molecule has 1 aromatic heterocycles.